The van der Waals surface area contributed by atoms with Gasteiger partial charge >= 0.3 is 6.36 Å². The van der Waals surface area contributed by atoms with Gasteiger partial charge in [-0.2, -0.15) is 10.1 Å². The van der Waals surface area contributed by atoms with Crippen molar-refractivity contribution in [3.05, 3.63) is 72.9 Å². The molecule has 0 saturated carbocycles. The van der Waals surface area contributed by atoms with Gasteiger partial charge < -0.3 is 19.5 Å². The molecule has 1 unspecified atom stereocenters. The number of halogens is 3. The molecule has 4 aromatic rings. The zero-order valence-electron chi connectivity index (χ0n) is 20.8. The van der Waals surface area contributed by atoms with Crippen molar-refractivity contribution in [2.24, 2.45) is 0 Å². The van der Waals surface area contributed by atoms with Crippen molar-refractivity contribution in [3.8, 4) is 28.5 Å². The van der Waals surface area contributed by atoms with Gasteiger partial charge in [0.05, 0.1) is 23.0 Å². The van der Waals surface area contributed by atoms with E-state index in [9.17, 15) is 22.8 Å². The number of H-pyrrole nitrogens is 1. The van der Waals surface area contributed by atoms with E-state index in [2.05, 4.69) is 42.0 Å². The summed E-state index contributed by atoms with van der Waals surface area (Å²) in [5.41, 5.74) is 0.882. The molecule has 2 amide bonds. The Labute approximate surface area is 225 Å². The first-order chi connectivity index (χ1) is 19.2. The molecule has 1 aromatic carbocycles. The Morgan fingerprint density at radius 1 is 1.20 bits per heavy atom. The highest BCUT2D eigenvalue weighted by molar-refractivity contribution is 6.04. The molecule has 5 rings (SSSR count). The Hall–Kier alpha value is -5.01. The molecule has 0 aliphatic carbocycles. The van der Waals surface area contributed by atoms with E-state index >= 15 is 0 Å². The number of likely N-dealkylation sites (tertiary alicyclic amines) is 1. The number of amides is 2. The van der Waals surface area contributed by atoms with Crippen molar-refractivity contribution in [2.45, 2.75) is 25.1 Å². The third kappa shape index (κ3) is 6.00. The standard InChI is InChI=1S/C26H22F3N7O4/c1-2-22(37)36-12-4-5-16(14-36)25-33-23(35-40-25)15-8-9-19(21(13-15)39-26(27,28)29)32-24(38)20-7-3-6-17(31-20)18-10-11-30-34-18/h2-3,6-11,13,16H,1,4-5,12,14H2,(H,30,34)(H,32,38). The van der Waals surface area contributed by atoms with E-state index in [4.69, 9.17) is 4.52 Å². The molecule has 40 heavy (non-hydrogen) atoms. The van der Waals surface area contributed by atoms with Crippen LogP contribution in [0.25, 0.3) is 22.8 Å². The Kier molecular flexibility index (Phi) is 7.31. The number of ether oxygens (including phenoxy) is 1. The van der Waals surface area contributed by atoms with Crippen LogP contribution < -0.4 is 10.1 Å². The van der Waals surface area contributed by atoms with Gasteiger partial charge in [0.25, 0.3) is 5.91 Å². The van der Waals surface area contributed by atoms with Gasteiger partial charge in [-0.05, 0) is 55.3 Å². The molecular formula is C26H22F3N7O4. The summed E-state index contributed by atoms with van der Waals surface area (Å²) in [6.07, 6.45) is -0.865. The molecular weight excluding hydrogens is 531 g/mol. The van der Waals surface area contributed by atoms with Crippen LogP contribution in [0.15, 0.2) is 65.8 Å². The second-order valence-corrected chi connectivity index (χ2v) is 8.88. The fraction of sp³-hybridized carbons (Fsp3) is 0.231. The number of anilines is 1. The number of alkyl halides is 3. The fourth-order valence-corrected chi connectivity index (χ4v) is 4.30. The molecule has 1 aliphatic heterocycles. The first-order valence-corrected chi connectivity index (χ1v) is 12.1. The molecule has 3 aromatic heterocycles. The Bertz CT molecular complexity index is 1540. The molecule has 1 fully saturated rings. The van der Waals surface area contributed by atoms with E-state index in [1.54, 1.807) is 23.1 Å². The summed E-state index contributed by atoms with van der Waals surface area (Å²) in [5.74, 6) is -1.57. The molecule has 0 radical (unpaired) electrons. The smallest absolute Gasteiger partial charge is 0.404 e. The van der Waals surface area contributed by atoms with Gasteiger partial charge in [-0.3, -0.25) is 14.7 Å². The predicted molar refractivity (Wildman–Crippen MR) is 135 cm³/mol. The molecule has 1 saturated heterocycles. The van der Waals surface area contributed by atoms with Crippen LogP contribution in [0, 0.1) is 0 Å². The lowest BCUT2D eigenvalue weighted by molar-refractivity contribution is -0.274. The maximum atomic E-state index is 13.3. The first kappa shape index (κ1) is 26.6. The normalized spacial score (nSPS) is 15.5. The molecule has 1 aliphatic rings. The van der Waals surface area contributed by atoms with Crippen LogP contribution in [-0.2, 0) is 4.79 Å². The van der Waals surface area contributed by atoms with Crippen molar-refractivity contribution in [2.75, 3.05) is 18.4 Å². The molecule has 1 atom stereocenters. The summed E-state index contributed by atoms with van der Waals surface area (Å²) in [4.78, 5) is 35.1. The van der Waals surface area contributed by atoms with Crippen LogP contribution in [0.2, 0.25) is 0 Å². The summed E-state index contributed by atoms with van der Waals surface area (Å²) in [6, 6.07) is 10.0. The molecule has 0 bridgehead atoms. The summed E-state index contributed by atoms with van der Waals surface area (Å²) in [7, 11) is 0. The zero-order valence-corrected chi connectivity index (χ0v) is 20.8. The predicted octanol–water partition coefficient (Wildman–Crippen LogP) is 4.56. The Morgan fingerprint density at radius 2 is 2.05 bits per heavy atom. The maximum Gasteiger partial charge on any atom is 0.573 e. The van der Waals surface area contributed by atoms with Gasteiger partial charge in [-0.25, -0.2) is 4.98 Å². The highest BCUT2D eigenvalue weighted by Crippen LogP contribution is 2.35. The number of hydrogen-bond donors (Lipinski definition) is 2. The molecule has 4 heterocycles. The van der Waals surface area contributed by atoms with E-state index in [1.165, 1.54) is 30.5 Å². The second-order valence-electron chi connectivity index (χ2n) is 8.88. The van der Waals surface area contributed by atoms with Gasteiger partial charge in [0.15, 0.2) is 5.75 Å². The minimum Gasteiger partial charge on any atom is -0.404 e. The van der Waals surface area contributed by atoms with E-state index < -0.39 is 18.0 Å². The molecule has 0 spiro atoms. The average molecular weight is 554 g/mol. The maximum absolute atomic E-state index is 13.3. The average Bonchev–Trinajstić information content (AvgIpc) is 3.66. The molecule has 11 nitrogen and oxygen atoms in total. The van der Waals surface area contributed by atoms with E-state index in [0.29, 0.717) is 30.9 Å². The number of nitrogens with one attached hydrogen (secondary N) is 2. The van der Waals surface area contributed by atoms with Gasteiger partial charge in [0.2, 0.25) is 17.6 Å². The van der Waals surface area contributed by atoms with Crippen molar-refractivity contribution in [1.82, 2.24) is 30.2 Å². The third-order valence-electron chi connectivity index (χ3n) is 6.17. The topological polar surface area (TPSA) is 139 Å². The van der Waals surface area contributed by atoms with Crippen LogP contribution in [0.3, 0.4) is 0 Å². The molecule has 206 valence electrons. The van der Waals surface area contributed by atoms with Crippen molar-refractivity contribution >= 4 is 17.5 Å². The van der Waals surface area contributed by atoms with Gasteiger partial charge in [0.1, 0.15) is 5.69 Å². The second kappa shape index (κ2) is 11.0. The number of pyridine rings is 1. The zero-order chi connectivity index (χ0) is 28.3. The number of nitrogens with zero attached hydrogens (tertiary/aromatic N) is 5. The van der Waals surface area contributed by atoms with Crippen LogP contribution in [-0.4, -0.2) is 61.5 Å². The number of benzene rings is 1. The highest BCUT2D eigenvalue weighted by Gasteiger charge is 2.33. The van der Waals surface area contributed by atoms with Crippen molar-refractivity contribution in [3.63, 3.8) is 0 Å². The van der Waals surface area contributed by atoms with E-state index in [-0.39, 0.29) is 40.5 Å². The largest absolute Gasteiger partial charge is 0.573 e. The number of carbonyl (C=O) groups is 2. The van der Waals surface area contributed by atoms with Crippen molar-refractivity contribution < 1.29 is 32.0 Å². The minimum atomic E-state index is -5.04. The number of rotatable bonds is 7. The number of carbonyl (C=O) groups excluding carboxylic acids is 2. The lowest BCUT2D eigenvalue weighted by atomic mass is 9.98. The number of piperidine rings is 1. The number of aromatic amines is 1. The lowest BCUT2D eigenvalue weighted by Crippen LogP contribution is -2.38. The lowest BCUT2D eigenvalue weighted by Gasteiger charge is -2.30. The number of aromatic nitrogens is 5. The van der Waals surface area contributed by atoms with E-state index in [1.807, 2.05) is 0 Å². The van der Waals surface area contributed by atoms with Crippen LogP contribution in [0.1, 0.15) is 35.1 Å². The Balaban J connectivity index is 1.38. The van der Waals surface area contributed by atoms with E-state index in [0.717, 1.165) is 12.5 Å². The van der Waals surface area contributed by atoms with Gasteiger partial charge in [-0.15, -0.1) is 13.2 Å². The van der Waals surface area contributed by atoms with Gasteiger partial charge in [-0.1, -0.05) is 17.8 Å². The quantitative estimate of drug-likeness (QED) is 0.318. The van der Waals surface area contributed by atoms with Gasteiger partial charge in [0, 0.05) is 24.8 Å². The highest BCUT2D eigenvalue weighted by atomic mass is 19.4. The number of hydrogen-bond acceptors (Lipinski definition) is 8. The summed E-state index contributed by atoms with van der Waals surface area (Å²) < 4.78 is 49.4. The van der Waals surface area contributed by atoms with Crippen molar-refractivity contribution in [1.29, 1.82) is 0 Å². The summed E-state index contributed by atoms with van der Waals surface area (Å²) in [5, 5.41) is 12.9. The summed E-state index contributed by atoms with van der Waals surface area (Å²) >= 11 is 0. The van der Waals surface area contributed by atoms with Crippen LogP contribution >= 0.6 is 0 Å². The fourth-order valence-electron chi connectivity index (χ4n) is 4.30. The SMILES string of the molecule is C=CC(=O)N1CCCC(c2nc(-c3ccc(NC(=O)c4cccc(-c5ccn[nH]5)n4)c(OC(F)(F)F)c3)no2)C1. The third-order valence-corrected chi connectivity index (χ3v) is 6.17. The molecule has 14 heteroatoms. The molecule has 2 N–H and O–H groups in total. The monoisotopic (exact) mass is 553 g/mol. The van der Waals surface area contributed by atoms with Crippen LogP contribution in [0.4, 0.5) is 18.9 Å². The van der Waals surface area contributed by atoms with Crippen LogP contribution in [0.5, 0.6) is 5.75 Å². The first-order valence-electron chi connectivity index (χ1n) is 12.1. The summed E-state index contributed by atoms with van der Waals surface area (Å²) in [6.45, 7) is 4.44. The Morgan fingerprint density at radius 3 is 2.80 bits per heavy atom. The minimum absolute atomic E-state index is 0.0287.